The second-order valence-corrected chi connectivity index (χ2v) is 19.2. The molecule has 0 unspecified atom stereocenters. The van der Waals surface area contributed by atoms with Crippen LogP contribution in [0.15, 0.2) is 60.8 Å². The van der Waals surface area contributed by atoms with Crippen LogP contribution in [0.4, 0.5) is 0 Å². The third kappa shape index (κ3) is 53.9. The van der Waals surface area contributed by atoms with Crippen molar-refractivity contribution in [3.63, 3.8) is 0 Å². The van der Waals surface area contributed by atoms with Crippen LogP contribution in [0.1, 0.15) is 290 Å². The summed E-state index contributed by atoms with van der Waals surface area (Å²) >= 11 is 0. The lowest BCUT2D eigenvalue weighted by molar-refractivity contribution is -0.167. The fourth-order valence-electron chi connectivity index (χ4n) is 8.09. The van der Waals surface area contributed by atoms with E-state index in [1.54, 1.807) is 0 Å². The Balaban J connectivity index is 4.39. The fraction of sp³-hybridized carbons (Fsp3) is 0.787. The number of carbonyl (C=O) groups is 3. The zero-order chi connectivity index (χ0) is 48.6. The maximum absolute atomic E-state index is 12.8. The number of ether oxygens (including phenoxy) is 3. The van der Waals surface area contributed by atoms with E-state index in [4.69, 9.17) is 14.2 Å². The molecule has 0 aliphatic rings. The quantitative estimate of drug-likeness (QED) is 0.0262. The minimum absolute atomic E-state index is 0.0818. The first-order valence-corrected chi connectivity index (χ1v) is 28.8. The summed E-state index contributed by atoms with van der Waals surface area (Å²) in [5.41, 5.74) is 0. The zero-order valence-corrected chi connectivity index (χ0v) is 44.4. The van der Waals surface area contributed by atoms with Gasteiger partial charge >= 0.3 is 17.9 Å². The number of rotatable bonds is 52. The number of hydrogen-bond donors (Lipinski definition) is 0. The van der Waals surface area contributed by atoms with E-state index >= 15 is 0 Å². The van der Waals surface area contributed by atoms with Crippen LogP contribution in [0.25, 0.3) is 0 Å². The first kappa shape index (κ1) is 64.1. The summed E-state index contributed by atoms with van der Waals surface area (Å²) in [5, 5.41) is 0. The van der Waals surface area contributed by atoms with Crippen LogP contribution in [-0.4, -0.2) is 37.2 Å². The number of hydrogen-bond acceptors (Lipinski definition) is 6. The summed E-state index contributed by atoms with van der Waals surface area (Å²) < 4.78 is 16.9. The molecule has 0 aromatic heterocycles. The molecule has 0 N–H and O–H groups in total. The third-order valence-corrected chi connectivity index (χ3v) is 12.5. The Bertz CT molecular complexity index is 1150. The lowest BCUT2D eigenvalue weighted by atomic mass is 10.1. The summed E-state index contributed by atoms with van der Waals surface area (Å²) in [6.07, 6.45) is 69.1. The Labute approximate surface area is 415 Å². The largest absolute Gasteiger partial charge is 0.462 e. The molecule has 0 spiro atoms. The van der Waals surface area contributed by atoms with Crippen molar-refractivity contribution >= 4 is 17.9 Å². The maximum atomic E-state index is 12.8. The SMILES string of the molecule is CCCCC/C=C\C/C=C\CCCCCCCCCC(=O)OCC(COC(=O)CCCCCCCCC/C=C\C/C=C\CCCCC)OC(=O)CCCCCCCCC/C=C\CCCCCC. The number of carbonyl (C=O) groups excluding carboxylic acids is 3. The molecule has 0 saturated heterocycles. The summed E-state index contributed by atoms with van der Waals surface area (Å²) in [4.78, 5) is 38.2. The zero-order valence-electron chi connectivity index (χ0n) is 44.4. The summed E-state index contributed by atoms with van der Waals surface area (Å²) in [5.74, 6) is -0.891. The smallest absolute Gasteiger partial charge is 0.306 e. The molecular formula is C61H108O6. The molecule has 0 fully saturated rings. The van der Waals surface area contributed by atoms with E-state index in [1.807, 2.05) is 0 Å². The van der Waals surface area contributed by atoms with Gasteiger partial charge in [-0.15, -0.1) is 0 Å². The minimum Gasteiger partial charge on any atom is -0.462 e. The Morgan fingerprint density at radius 1 is 0.299 bits per heavy atom. The Morgan fingerprint density at radius 2 is 0.537 bits per heavy atom. The van der Waals surface area contributed by atoms with Gasteiger partial charge < -0.3 is 14.2 Å². The molecule has 67 heavy (non-hydrogen) atoms. The van der Waals surface area contributed by atoms with E-state index in [9.17, 15) is 14.4 Å². The maximum Gasteiger partial charge on any atom is 0.306 e. The molecule has 0 aromatic rings. The van der Waals surface area contributed by atoms with Crippen LogP contribution >= 0.6 is 0 Å². The minimum atomic E-state index is -0.783. The van der Waals surface area contributed by atoms with Crippen molar-refractivity contribution in [3.8, 4) is 0 Å². The number of allylic oxidation sites excluding steroid dienone is 10. The molecule has 0 saturated carbocycles. The van der Waals surface area contributed by atoms with E-state index in [2.05, 4.69) is 81.5 Å². The highest BCUT2D eigenvalue weighted by atomic mass is 16.6. The van der Waals surface area contributed by atoms with Crippen molar-refractivity contribution in [2.75, 3.05) is 13.2 Å². The third-order valence-electron chi connectivity index (χ3n) is 12.5. The molecule has 0 aromatic carbocycles. The highest BCUT2D eigenvalue weighted by molar-refractivity contribution is 5.71. The van der Waals surface area contributed by atoms with Gasteiger partial charge in [0, 0.05) is 19.3 Å². The molecule has 0 aliphatic carbocycles. The lowest BCUT2D eigenvalue weighted by Gasteiger charge is -2.18. The standard InChI is InChI=1S/C61H108O6/c1-4-7-10-13-16-19-22-25-28-30-33-35-38-41-44-47-50-53-59(62)65-56-58(67-61(64)55-52-49-46-43-40-37-32-27-24-21-18-15-12-9-6-3)57-66-60(63)54-51-48-45-42-39-36-34-31-29-26-23-20-17-14-11-8-5-2/h16-17,19-21,24-26,28-29,58H,4-15,18,22-23,27,30-57H2,1-3H3/b19-16-,20-17-,24-21-,28-25-,29-26-. The summed E-state index contributed by atoms with van der Waals surface area (Å²) in [6, 6.07) is 0. The molecular weight excluding hydrogens is 829 g/mol. The molecule has 0 heterocycles. The molecule has 6 nitrogen and oxygen atoms in total. The van der Waals surface area contributed by atoms with E-state index in [0.29, 0.717) is 19.3 Å². The summed E-state index contributed by atoms with van der Waals surface area (Å²) in [7, 11) is 0. The topological polar surface area (TPSA) is 78.9 Å². The van der Waals surface area contributed by atoms with Crippen molar-refractivity contribution in [2.45, 2.75) is 297 Å². The van der Waals surface area contributed by atoms with Gasteiger partial charge in [0.05, 0.1) is 0 Å². The van der Waals surface area contributed by atoms with Crippen LogP contribution in [0.5, 0.6) is 0 Å². The van der Waals surface area contributed by atoms with Crippen molar-refractivity contribution in [1.29, 1.82) is 0 Å². The molecule has 0 rings (SSSR count). The van der Waals surface area contributed by atoms with E-state index in [0.717, 1.165) is 83.5 Å². The van der Waals surface area contributed by atoms with Gasteiger partial charge in [0.25, 0.3) is 0 Å². The van der Waals surface area contributed by atoms with Crippen LogP contribution in [0.3, 0.4) is 0 Å². The normalized spacial score (nSPS) is 12.1. The van der Waals surface area contributed by atoms with Gasteiger partial charge in [0.2, 0.25) is 0 Å². The van der Waals surface area contributed by atoms with Gasteiger partial charge in [0.1, 0.15) is 13.2 Å². The molecule has 388 valence electrons. The lowest BCUT2D eigenvalue weighted by Crippen LogP contribution is -2.30. The number of unbranched alkanes of at least 4 members (excludes halogenated alkanes) is 31. The van der Waals surface area contributed by atoms with Crippen molar-refractivity contribution < 1.29 is 28.6 Å². The molecule has 0 radical (unpaired) electrons. The molecule has 0 bridgehead atoms. The second-order valence-electron chi connectivity index (χ2n) is 19.2. The van der Waals surface area contributed by atoms with Crippen LogP contribution in [-0.2, 0) is 28.6 Å². The molecule has 0 atom stereocenters. The molecule has 6 heteroatoms. The van der Waals surface area contributed by atoms with Crippen molar-refractivity contribution in [2.24, 2.45) is 0 Å². The van der Waals surface area contributed by atoms with Crippen molar-refractivity contribution in [3.05, 3.63) is 60.8 Å². The van der Waals surface area contributed by atoms with Crippen LogP contribution in [0, 0.1) is 0 Å². The monoisotopic (exact) mass is 937 g/mol. The predicted octanol–water partition coefficient (Wildman–Crippen LogP) is 19.2. The van der Waals surface area contributed by atoms with E-state index in [-0.39, 0.29) is 31.1 Å². The first-order valence-electron chi connectivity index (χ1n) is 28.8. The number of esters is 3. The Hall–Kier alpha value is -2.89. The summed E-state index contributed by atoms with van der Waals surface area (Å²) in [6.45, 7) is 6.58. The highest BCUT2D eigenvalue weighted by Gasteiger charge is 2.19. The first-order chi connectivity index (χ1) is 33.0. The van der Waals surface area contributed by atoms with Gasteiger partial charge in [-0.2, -0.15) is 0 Å². The second kappa shape index (κ2) is 55.7. The van der Waals surface area contributed by atoms with Gasteiger partial charge in [-0.25, -0.2) is 0 Å². The van der Waals surface area contributed by atoms with Crippen molar-refractivity contribution in [1.82, 2.24) is 0 Å². The van der Waals surface area contributed by atoms with Gasteiger partial charge in [0.15, 0.2) is 6.10 Å². The van der Waals surface area contributed by atoms with E-state index in [1.165, 1.54) is 167 Å². The molecule has 0 aliphatic heterocycles. The van der Waals surface area contributed by atoms with Crippen LogP contribution in [0.2, 0.25) is 0 Å². The average Bonchev–Trinajstić information content (AvgIpc) is 3.33. The van der Waals surface area contributed by atoms with Gasteiger partial charge in [-0.05, 0) is 109 Å². The average molecular weight is 938 g/mol. The Morgan fingerprint density at radius 3 is 0.866 bits per heavy atom. The van der Waals surface area contributed by atoms with Crippen LogP contribution < -0.4 is 0 Å². The Kier molecular flexibility index (Phi) is 53.3. The predicted molar refractivity (Wildman–Crippen MR) is 288 cm³/mol. The molecule has 0 amide bonds. The van der Waals surface area contributed by atoms with E-state index < -0.39 is 6.10 Å². The fourth-order valence-corrected chi connectivity index (χ4v) is 8.09. The van der Waals surface area contributed by atoms with Gasteiger partial charge in [-0.1, -0.05) is 223 Å². The van der Waals surface area contributed by atoms with Gasteiger partial charge in [-0.3, -0.25) is 14.4 Å². The highest BCUT2D eigenvalue weighted by Crippen LogP contribution is 2.15.